The van der Waals surface area contributed by atoms with Crippen molar-refractivity contribution in [3.8, 4) is 5.75 Å². The van der Waals surface area contributed by atoms with Gasteiger partial charge in [0.2, 0.25) is 5.91 Å². The first kappa shape index (κ1) is 23.0. The SMILES string of the molecule is O=C(O)CCCOc1ccccc1[C@H]1CC[C@@H](OCC2NCCC23COCC(=O)N3)CC1. The molecule has 1 aromatic carbocycles. The van der Waals surface area contributed by atoms with Crippen molar-refractivity contribution >= 4 is 11.9 Å². The highest BCUT2D eigenvalue weighted by atomic mass is 16.5. The Kier molecular flexibility index (Phi) is 7.65. The molecule has 0 bridgehead atoms. The van der Waals surface area contributed by atoms with Crippen LogP contribution in [0.15, 0.2) is 24.3 Å². The summed E-state index contributed by atoms with van der Waals surface area (Å²) in [6.07, 6.45) is 5.75. The van der Waals surface area contributed by atoms with Crippen molar-refractivity contribution in [3.05, 3.63) is 29.8 Å². The molecule has 1 spiro atoms. The number of amides is 1. The van der Waals surface area contributed by atoms with Gasteiger partial charge in [0, 0.05) is 6.42 Å². The molecule has 1 amide bonds. The number of para-hydroxylation sites is 1. The van der Waals surface area contributed by atoms with Gasteiger partial charge in [0.15, 0.2) is 0 Å². The minimum absolute atomic E-state index is 0.0469. The summed E-state index contributed by atoms with van der Waals surface area (Å²) in [6, 6.07) is 8.17. The average Bonchev–Trinajstić information content (AvgIpc) is 3.16. The fraction of sp³-hybridized carbons (Fsp3) is 0.667. The van der Waals surface area contributed by atoms with Gasteiger partial charge in [-0.05, 0) is 62.6 Å². The van der Waals surface area contributed by atoms with E-state index in [4.69, 9.17) is 19.3 Å². The van der Waals surface area contributed by atoms with Crippen LogP contribution in [-0.2, 0) is 19.1 Å². The van der Waals surface area contributed by atoms with E-state index in [1.165, 1.54) is 5.56 Å². The zero-order valence-electron chi connectivity index (χ0n) is 18.5. The molecule has 32 heavy (non-hydrogen) atoms. The van der Waals surface area contributed by atoms with Crippen LogP contribution in [0.2, 0.25) is 0 Å². The van der Waals surface area contributed by atoms with Gasteiger partial charge >= 0.3 is 5.97 Å². The number of hydrogen-bond donors (Lipinski definition) is 3. The minimum atomic E-state index is -0.794. The fourth-order valence-electron chi connectivity index (χ4n) is 5.18. The molecule has 3 N–H and O–H groups in total. The van der Waals surface area contributed by atoms with Gasteiger partial charge in [-0.3, -0.25) is 9.59 Å². The van der Waals surface area contributed by atoms with E-state index in [0.717, 1.165) is 44.4 Å². The lowest BCUT2D eigenvalue weighted by Gasteiger charge is -2.39. The van der Waals surface area contributed by atoms with Crippen molar-refractivity contribution in [1.29, 1.82) is 0 Å². The lowest BCUT2D eigenvalue weighted by molar-refractivity contribution is -0.137. The number of nitrogens with one attached hydrogen (secondary N) is 2. The summed E-state index contributed by atoms with van der Waals surface area (Å²) >= 11 is 0. The second-order valence-corrected chi connectivity index (χ2v) is 9.14. The van der Waals surface area contributed by atoms with Gasteiger partial charge in [-0.1, -0.05) is 18.2 Å². The molecule has 1 aliphatic carbocycles. The highest BCUT2D eigenvalue weighted by molar-refractivity contribution is 5.79. The maximum absolute atomic E-state index is 11.8. The summed E-state index contributed by atoms with van der Waals surface area (Å²) in [7, 11) is 0. The monoisotopic (exact) mass is 446 g/mol. The lowest BCUT2D eigenvalue weighted by Crippen LogP contribution is -2.64. The Morgan fingerprint density at radius 1 is 1.22 bits per heavy atom. The van der Waals surface area contributed by atoms with Gasteiger partial charge in [-0.2, -0.15) is 0 Å². The largest absolute Gasteiger partial charge is 0.493 e. The van der Waals surface area contributed by atoms with Crippen molar-refractivity contribution in [3.63, 3.8) is 0 Å². The molecule has 1 aromatic rings. The number of morpholine rings is 1. The number of rotatable bonds is 9. The second-order valence-electron chi connectivity index (χ2n) is 9.14. The van der Waals surface area contributed by atoms with E-state index in [1.807, 2.05) is 18.2 Å². The van der Waals surface area contributed by atoms with E-state index in [9.17, 15) is 9.59 Å². The van der Waals surface area contributed by atoms with E-state index in [-0.39, 0.29) is 36.6 Å². The number of ether oxygens (including phenoxy) is 3. The zero-order chi connectivity index (χ0) is 22.4. The minimum Gasteiger partial charge on any atom is -0.493 e. The average molecular weight is 447 g/mol. The summed E-state index contributed by atoms with van der Waals surface area (Å²) in [6.45, 7) is 2.52. The van der Waals surface area contributed by atoms with Crippen molar-refractivity contribution in [2.75, 3.05) is 33.0 Å². The maximum Gasteiger partial charge on any atom is 0.303 e. The van der Waals surface area contributed by atoms with Gasteiger partial charge in [0.05, 0.1) is 37.5 Å². The Bertz CT molecular complexity index is 794. The van der Waals surface area contributed by atoms with E-state index in [2.05, 4.69) is 16.7 Å². The molecule has 1 saturated carbocycles. The molecule has 2 unspecified atom stereocenters. The Morgan fingerprint density at radius 3 is 2.81 bits per heavy atom. The van der Waals surface area contributed by atoms with Gasteiger partial charge < -0.3 is 30.0 Å². The van der Waals surface area contributed by atoms with Crippen LogP contribution in [-0.4, -0.2) is 67.6 Å². The summed E-state index contributed by atoms with van der Waals surface area (Å²) in [5.41, 5.74) is 0.864. The molecule has 0 radical (unpaired) electrons. The quantitative estimate of drug-likeness (QED) is 0.500. The Morgan fingerprint density at radius 2 is 2.03 bits per heavy atom. The van der Waals surface area contributed by atoms with Crippen LogP contribution in [0, 0.1) is 0 Å². The van der Waals surface area contributed by atoms with Gasteiger partial charge in [0.1, 0.15) is 12.4 Å². The van der Waals surface area contributed by atoms with Crippen molar-refractivity contribution in [1.82, 2.24) is 10.6 Å². The second kappa shape index (κ2) is 10.6. The predicted molar refractivity (Wildman–Crippen MR) is 118 cm³/mol. The molecule has 2 saturated heterocycles. The third kappa shape index (κ3) is 5.60. The molecule has 8 heteroatoms. The number of carbonyl (C=O) groups is 2. The van der Waals surface area contributed by atoms with Crippen LogP contribution in [0.4, 0.5) is 0 Å². The first-order valence-electron chi connectivity index (χ1n) is 11.7. The van der Waals surface area contributed by atoms with Crippen LogP contribution in [0.5, 0.6) is 5.75 Å². The number of aliphatic carboxylic acids is 1. The highest BCUT2D eigenvalue weighted by Crippen LogP contribution is 2.38. The number of benzene rings is 1. The van der Waals surface area contributed by atoms with Gasteiger partial charge in [-0.15, -0.1) is 0 Å². The van der Waals surface area contributed by atoms with E-state index < -0.39 is 5.97 Å². The van der Waals surface area contributed by atoms with E-state index in [0.29, 0.717) is 32.2 Å². The topological polar surface area (TPSA) is 106 Å². The van der Waals surface area contributed by atoms with Crippen molar-refractivity contribution in [2.24, 2.45) is 0 Å². The molecule has 176 valence electrons. The zero-order valence-corrected chi connectivity index (χ0v) is 18.5. The molecule has 3 aliphatic rings. The van der Waals surface area contributed by atoms with Gasteiger partial charge in [-0.25, -0.2) is 0 Å². The summed E-state index contributed by atoms with van der Waals surface area (Å²) in [5, 5.41) is 15.4. The molecular weight excluding hydrogens is 412 g/mol. The van der Waals surface area contributed by atoms with Crippen LogP contribution in [0.25, 0.3) is 0 Å². The normalized spacial score (nSPS) is 30.2. The van der Waals surface area contributed by atoms with E-state index in [1.54, 1.807) is 0 Å². The molecule has 2 aliphatic heterocycles. The van der Waals surface area contributed by atoms with Crippen LogP contribution >= 0.6 is 0 Å². The van der Waals surface area contributed by atoms with Crippen LogP contribution in [0.3, 0.4) is 0 Å². The van der Waals surface area contributed by atoms with Crippen LogP contribution < -0.4 is 15.4 Å². The van der Waals surface area contributed by atoms with Gasteiger partial charge in [0.25, 0.3) is 0 Å². The third-order valence-corrected chi connectivity index (χ3v) is 6.93. The summed E-state index contributed by atoms with van der Waals surface area (Å²) in [4.78, 5) is 22.5. The fourth-order valence-corrected chi connectivity index (χ4v) is 5.18. The number of carbonyl (C=O) groups excluding carboxylic acids is 1. The number of carboxylic acids is 1. The summed E-state index contributed by atoms with van der Waals surface area (Å²) < 4.78 is 17.7. The smallest absolute Gasteiger partial charge is 0.303 e. The molecule has 2 atom stereocenters. The van der Waals surface area contributed by atoms with E-state index >= 15 is 0 Å². The third-order valence-electron chi connectivity index (χ3n) is 6.93. The Labute approximate surface area is 189 Å². The summed E-state index contributed by atoms with van der Waals surface area (Å²) in [5.74, 6) is 0.450. The number of hydrogen-bond acceptors (Lipinski definition) is 6. The first-order chi connectivity index (χ1) is 15.6. The molecule has 4 rings (SSSR count). The Hall–Kier alpha value is -2.16. The maximum atomic E-state index is 11.8. The lowest BCUT2D eigenvalue weighted by atomic mass is 9.82. The standard InChI is InChI=1S/C24H34N2O6/c27-22-15-30-16-24(26-22)11-12-25-21(24)14-32-18-9-7-17(8-10-18)19-4-1-2-5-20(19)31-13-3-6-23(28)29/h1-2,4-5,17-18,21,25H,3,6-16H2,(H,26,27)(H,28,29)/t17-,18+,21?,24?. The predicted octanol–water partition coefficient (Wildman–Crippen LogP) is 2.22. The highest BCUT2D eigenvalue weighted by Gasteiger charge is 2.46. The molecule has 2 heterocycles. The molecule has 3 fully saturated rings. The first-order valence-corrected chi connectivity index (χ1v) is 11.7. The van der Waals surface area contributed by atoms with Crippen LogP contribution in [0.1, 0.15) is 56.4 Å². The molecule has 8 nitrogen and oxygen atoms in total. The number of carboxylic acid groups (broad SMARTS) is 1. The Balaban J connectivity index is 1.25. The molecule has 0 aromatic heterocycles. The van der Waals surface area contributed by atoms with Crippen molar-refractivity contribution in [2.45, 2.75) is 68.5 Å². The van der Waals surface area contributed by atoms with Crippen molar-refractivity contribution < 1.29 is 28.9 Å². The molecular formula is C24H34N2O6.